The normalized spacial score (nSPS) is 12.5. The van der Waals surface area contributed by atoms with Crippen molar-refractivity contribution in [1.82, 2.24) is 0 Å². The van der Waals surface area contributed by atoms with Crippen LogP contribution in [-0.2, 0) is 0 Å². The fraction of sp³-hybridized carbons (Fsp3) is 0.143. The maximum Gasteiger partial charge on any atom is 0.129 e. The molecule has 0 aliphatic carbocycles. The van der Waals surface area contributed by atoms with Crippen LogP contribution >= 0.6 is 15.9 Å². The van der Waals surface area contributed by atoms with Crippen molar-refractivity contribution in [2.75, 3.05) is 0 Å². The van der Waals surface area contributed by atoms with Gasteiger partial charge in [0.1, 0.15) is 11.9 Å². The van der Waals surface area contributed by atoms with Gasteiger partial charge in [-0.25, -0.2) is 4.39 Å². The lowest BCUT2D eigenvalue weighted by Crippen LogP contribution is -2.02. The summed E-state index contributed by atoms with van der Waals surface area (Å²) in [6, 6.07) is 12.0. The standard InChI is InChI=1S/C14H12BrFO/c1-9-3-2-4-10(7-9)14(17)12-8-11(15)5-6-13(12)16/h2-8,14,17H,1H3. The van der Waals surface area contributed by atoms with E-state index in [1.807, 2.05) is 25.1 Å². The highest BCUT2D eigenvalue weighted by molar-refractivity contribution is 9.10. The number of aryl methyl sites for hydroxylation is 1. The van der Waals surface area contributed by atoms with Crippen molar-refractivity contribution in [2.45, 2.75) is 13.0 Å². The number of hydrogen-bond donors (Lipinski definition) is 1. The van der Waals surface area contributed by atoms with Gasteiger partial charge in [-0.15, -0.1) is 0 Å². The zero-order chi connectivity index (χ0) is 12.4. The van der Waals surface area contributed by atoms with Crippen LogP contribution in [0.5, 0.6) is 0 Å². The van der Waals surface area contributed by atoms with Gasteiger partial charge in [-0.1, -0.05) is 45.8 Å². The van der Waals surface area contributed by atoms with E-state index >= 15 is 0 Å². The molecule has 2 rings (SSSR count). The fourth-order valence-electron chi connectivity index (χ4n) is 1.74. The summed E-state index contributed by atoms with van der Waals surface area (Å²) in [5.74, 6) is -0.401. The van der Waals surface area contributed by atoms with E-state index in [4.69, 9.17) is 0 Å². The Morgan fingerprint density at radius 2 is 1.94 bits per heavy atom. The van der Waals surface area contributed by atoms with Crippen LogP contribution in [-0.4, -0.2) is 5.11 Å². The minimum atomic E-state index is -0.938. The van der Waals surface area contributed by atoms with Crippen molar-refractivity contribution in [3.8, 4) is 0 Å². The van der Waals surface area contributed by atoms with Gasteiger partial charge in [-0.2, -0.15) is 0 Å². The van der Waals surface area contributed by atoms with Crippen LogP contribution in [0.4, 0.5) is 4.39 Å². The van der Waals surface area contributed by atoms with Crippen molar-refractivity contribution < 1.29 is 9.50 Å². The van der Waals surface area contributed by atoms with Crippen LogP contribution in [0.15, 0.2) is 46.9 Å². The summed E-state index contributed by atoms with van der Waals surface area (Å²) >= 11 is 3.27. The predicted molar refractivity (Wildman–Crippen MR) is 69.3 cm³/mol. The maximum absolute atomic E-state index is 13.6. The van der Waals surface area contributed by atoms with Gasteiger partial charge >= 0.3 is 0 Å². The van der Waals surface area contributed by atoms with E-state index in [1.165, 1.54) is 6.07 Å². The van der Waals surface area contributed by atoms with Gasteiger partial charge in [-0.3, -0.25) is 0 Å². The van der Waals surface area contributed by atoms with Crippen LogP contribution in [0.1, 0.15) is 22.8 Å². The van der Waals surface area contributed by atoms with Gasteiger partial charge in [-0.05, 0) is 30.7 Å². The average Bonchev–Trinajstić information content (AvgIpc) is 2.31. The van der Waals surface area contributed by atoms with E-state index in [2.05, 4.69) is 15.9 Å². The predicted octanol–water partition coefficient (Wildman–Crippen LogP) is 3.98. The van der Waals surface area contributed by atoms with E-state index < -0.39 is 11.9 Å². The zero-order valence-corrected chi connectivity index (χ0v) is 10.9. The van der Waals surface area contributed by atoms with Crippen LogP contribution in [0.2, 0.25) is 0 Å². The fourth-order valence-corrected chi connectivity index (χ4v) is 2.12. The SMILES string of the molecule is Cc1cccc(C(O)c2cc(Br)ccc2F)c1. The molecule has 1 atom stereocenters. The van der Waals surface area contributed by atoms with Crippen molar-refractivity contribution in [3.63, 3.8) is 0 Å². The summed E-state index contributed by atoms with van der Waals surface area (Å²) in [6.07, 6.45) is -0.938. The molecule has 0 saturated carbocycles. The Labute approximate surface area is 108 Å². The molecule has 17 heavy (non-hydrogen) atoms. The topological polar surface area (TPSA) is 20.2 Å². The molecule has 1 N–H and O–H groups in total. The van der Waals surface area contributed by atoms with Crippen molar-refractivity contribution in [2.24, 2.45) is 0 Å². The highest BCUT2D eigenvalue weighted by Crippen LogP contribution is 2.27. The molecule has 0 bridgehead atoms. The molecule has 0 heterocycles. The summed E-state index contributed by atoms with van der Waals surface area (Å²) < 4.78 is 14.4. The van der Waals surface area contributed by atoms with Crippen LogP contribution < -0.4 is 0 Å². The van der Waals surface area contributed by atoms with Gasteiger partial charge in [0.15, 0.2) is 0 Å². The molecule has 2 aromatic carbocycles. The molecule has 0 fully saturated rings. The van der Waals surface area contributed by atoms with E-state index in [-0.39, 0.29) is 5.56 Å². The third-order valence-electron chi connectivity index (χ3n) is 2.61. The summed E-state index contributed by atoms with van der Waals surface area (Å²) in [6.45, 7) is 1.94. The van der Waals surface area contributed by atoms with Crippen molar-refractivity contribution in [1.29, 1.82) is 0 Å². The molecule has 0 aromatic heterocycles. The maximum atomic E-state index is 13.6. The minimum Gasteiger partial charge on any atom is -0.384 e. The summed E-state index contributed by atoms with van der Waals surface area (Å²) in [5.41, 5.74) is 2.02. The second kappa shape index (κ2) is 4.98. The molecular weight excluding hydrogens is 283 g/mol. The molecule has 0 spiro atoms. The van der Waals surface area contributed by atoms with E-state index in [1.54, 1.807) is 18.2 Å². The number of hydrogen-bond acceptors (Lipinski definition) is 1. The Bertz CT molecular complexity index is 539. The lowest BCUT2D eigenvalue weighted by Gasteiger charge is -2.13. The first-order valence-corrected chi connectivity index (χ1v) is 6.07. The molecule has 0 saturated heterocycles. The lowest BCUT2D eigenvalue weighted by molar-refractivity contribution is 0.215. The summed E-state index contributed by atoms with van der Waals surface area (Å²) in [7, 11) is 0. The Hall–Kier alpha value is -1.19. The first kappa shape index (κ1) is 12.3. The molecule has 0 amide bonds. The third kappa shape index (κ3) is 2.73. The Balaban J connectivity index is 2.43. The molecule has 0 radical (unpaired) electrons. The number of halogens is 2. The molecule has 1 nitrogen and oxygen atoms in total. The van der Waals surface area contributed by atoms with E-state index in [0.29, 0.717) is 5.56 Å². The average molecular weight is 295 g/mol. The first-order chi connectivity index (χ1) is 8.08. The van der Waals surface area contributed by atoms with Crippen LogP contribution in [0.3, 0.4) is 0 Å². The number of benzene rings is 2. The number of rotatable bonds is 2. The smallest absolute Gasteiger partial charge is 0.129 e. The van der Waals surface area contributed by atoms with Gasteiger partial charge in [0.2, 0.25) is 0 Å². The van der Waals surface area contributed by atoms with E-state index in [0.717, 1.165) is 10.0 Å². The largest absolute Gasteiger partial charge is 0.384 e. The summed E-state index contributed by atoms with van der Waals surface area (Å²) in [5, 5.41) is 10.2. The molecular formula is C14H12BrFO. The molecule has 2 aromatic rings. The zero-order valence-electron chi connectivity index (χ0n) is 9.32. The molecule has 1 unspecified atom stereocenters. The quantitative estimate of drug-likeness (QED) is 0.888. The highest BCUT2D eigenvalue weighted by Gasteiger charge is 2.15. The van der Waals surface area contributed by atoms with Gasteiger partial charge in [0.05, 0.1) is 0 Å². The van der Waals surface area contributed by atoms with Gasteiger partial charge in [0.25, 0.3) is 0 Å². The van der Waals surface area contributed by atoms with Gasteiger partial charge < -0.3 is 5.11 Å². The van der Waals surface area contributed by atoms with Gasteiger partial charge in [0, 0.05) is 10.0 Å². The Kier molecular flexibility index (Phi) is 3.60. The molecule has 3 heteroatoms. The van der Waals surface area contributed by atoms with Crippen LogP contribution in [0.25, 0.3) is 0 Å². The summed E-state index contributed by atoms with van der Waals surface area (Å²) in [4.78, 5) is 0. The monoisotopic (exact) mass is 294 g/mol. The second-order valence-corrected chi connectivity index (χ2v) is 4.90. The Morgan fingerprint density at radius 1 is 1.18 bits per heavy atom. The first-order valence-electron chi connectivity index (χ1n) is 5.27. The molecule has 0 aliphatic rings. The van der Waals surface area contributed by atoms with Crippen LogP contribution in [0, 0.1) is 12.7 Å². The van der Waals surface area contributed by atoms with E-state index in [9.17, 15) is 9.50 Å². The highest BCUT2D eigenvalue weighted by atomic mass is 79.9. The van der Waals surface area contributed by atoms with Crippen molar-refractivity contribution >= 4 is 15.9 Å². The number of aliphatic hydroxyl groups excluding tert-OH is 1. The molecule has 0 aliphatic heterocycles. The number of aliphatic hydroxyl groups is 1. The third-order valence-corrected chi connectivity index (χ3v) is 3.10. The Morgan fingerprint density at radius 3 is 2.65 bits per heavy atom. The lowest BCUT2D eigenvalue weighted by atomic mass is 10.00. The second-order valence-electron chi connectivity index (χ2n) is 3.98. The molecule has 88 valence electrons. The minimum absolute atomic E-state index is 0.282. The van der Waals surface area contributed by atoms with Crippen molar-refractivity contribution in [3.05, 3.63) is 69.4 Å².